The number of fused-ring (bicyclic) bond motifs is 1. The number of benzene rings is 1. The molecule has 0 saturated heterocycles. The Bertz CT molecular complexity index is 424. The van der Waals surface area contributed by atoms with Crippen molar-refractivity contribution < 1.29 is 5.11 Å². The van der Waals surface area contributed by atoms with Gasteiger partial charge in [0.15, 0.2) is 0 Å². The van der Waals surface area contributed by atoms with Crippen LogP contribution in [0, 0.1) is 0 Å². The average Bonchev–Trinajstić information content (AvgIpc) is 2.62. The largest absolute Gasteiger partial charge is 0.391 e. The predicted molar refractivity (Wildman–Crippen MR) is 60.6 cm³/mol. The smallest absolute Gasteiger partial charge is 0.0703 e. The molecule has 1 aromatic heterocycles. The minimum Gasteiger partial charge on any atom is -0.391 e. The molecule has 0 aliphatic carbocycles. The minimum atomic E-state index is -0.423. The molecule has 0 radical (unpaired) electrons. The van der Waals surface area contributed by atoms with Crippen LogP contribution in [0.4, 0.5) is 0 Å². The maximum atomic E-state index is 9.47. The van der Waals surface area contributed by atoms with Crippen molar-refractivity contribution in [3.8, 4) is 0 Å². The van der Waals surface area contributed by atoms with E-state index in [0.29, 0.717) is 13.0 Å². The molecule has 1 atom stereocenters. The summed E-state index contributed by atoms with van der Waals surface area (Å²) in [6.45, 7) is 0.324. The van der Waals surface area contributed by atoms with Gasteiger partial charge in [0.2, 0.25) is 0 Å². The second-order valence-corrected chi connectivity index (χ2v) is 4.26. The molecule has 0 spiro atoms. The Hall–Kier alpha value is -0.900. The van der Waals surface area contributed by atoms with E-state index in [1.807, 2.05) is 12.1 Å². The average molecular weight is 207 g/mol. The lowest BCUT2D eigenvalue weighted by Gasteiger charge is -2.05. The second-order valence-electron chi connectivity index (χ2n) is 3.35. The van der Waals surface area contributed by atoms with E-state index in [1.54, 1.807) is 11.3 Å². The van der Waals surface area contributed by atoms with E-state index in [-0.39, 0.29) is 0 Å². The van der Waals surface area contributed by atoms with Crippen LogP contribution in [0.25, 0.3) is 10.1 Å². The fourth-order valence-corrected chi connectivity index (χ4v) is 2.50. The molecule has 0 aliphatic heterocycles. The van der Waals surface area contributed by atoms with E-state index in [0.717, 1.165) is 0 Å². The summed E-state index contributed by atoms with van der Waals surface area (Å²) in [6.07, 6.45) is 0.230. The third kappa shape index (κ3) is 1.80. The van der Waals surface area contributed by atoms with Gasteiger partial charge in [-0.1, -0.05) is 18.2 Å². The molecule has 0 aliphatic rings. The first-order valence-electron chi connectivity index (χ1n) is 4.64. The number of aliphatic hydroxyl groups is 1. The van der Waals surface area contributed by atoms with Crippen molar-refractivity contribution in [1.29, 1.82) is 0 Å². The molecule has 2 aromatic rings. The van der Waals surface area contributed by atoms with Gasteiger partial charge in [0.05, 0.1) is 6.10 Å². The standard InChI is InChI=1S/C11H13NOS/c12-6-9(13)5-8-7-14-11-4-2-1-3-10(8)11/h1-4,7,9,13H,5-6,12H2. The predicted octanol–water partition coefficient (Wildman–Crippen LogP) is 1.76. The zero-order chi connectivity index (χ0) is 9.97. The Balaban J connectivity index is 2.33. The minimum absolute atomic E-state index is 0.324. The van der Waals surface area contributed by atoms with Gasteiger partial charge >= 0.3 is 0 Å². The zero-order valence-electron chi connectivity index (χ0n) is 7.81. The Morgan fingerprint density at radius 3 is 2.93 bits per heavy atom. The van der Waals surface area contributed by atoms with Crippen molar-refractivity contribution in [3.05, 3.63) is 35.2 Å². The zero-order valence-corrected chi connectivity index (χ0v) is 8.63. The number of rotatable bonds is 3. The van der Waals surface area contributed by atoms with Crippen LogP contribution in [0.5, 0.6) is 0 Å². The van der Waals surface area contributed by atoms with Crippen LogP contribution >= 0.6 is 11.3 Å². The van der Waals surface area contributed by atoms with Crippen LogP contribution in [0.2, 0.25) is 0 Å². The van der Waals surface area contributed by atoms with Crippen LogP contribution in [0.3, 0.4) is 0 Å². The fraction of sp³-hybridized carbons (Fsp3) is 0.273. The highest BCUT2D eigenvalue weighted by molar-refractivity contribution is 7.17. The third-order valence-corrected chi connectivity index (χ3v) is 3.30. The topological polar surface area (TPSA) is 46.2 Å². The van der Waals surface area contributed by atoms with Crippen LogP contribution in [0.1, 0.15) is 5.56 Å². The third-order valence-electron chi connectivity index (χ3n) is 2.29. The van der Waals surface area contributed by atoms with E-state index in [9.17, 15) is 5.11 Å². The van der Waals surface area contributed by atoms with Gasteiger partial charge in [0.1, 0.15) is 0 Å². The molecular weight excluding hydrogens is 194 g/mol. The molecule has 1 aromatic carbocycles. The van der Waals surface area contributed by atoms with Gasteiger partial charge in [0.25, 0.3) is 0 Å². The molecular formula is C11H13NOS. The van der Waals surface area contributed by atoms with E-state index >= 15 is 0 Å². The van der Waals surface area contributed by atoms with E-state index < -0.39 is 6.10 Å². The Morgan fingerprint density at radius 1 is 1.36 bits per heavy atom. The molecule has 1 unspecified atom stereocenters. The summed E-state index contributed by atoms with van der Waals surface area (Å²) in [6, 6.07) is 8.23. The molecule has 2 rings (SSSR count). The summed E-state index contributed by atoms with van der Waals surface area (Å²) < 4.78 is 1.27. The van der Waals surface area contributed by atoms with Gasteiger partial charge in [-0.15, -0.1) is 11.3 Å². The molecule has 14 heavy (non-hydrogen) atoms. The Kier molecular flexibility index (Phi) is 2.82. The molecule has 74 valence electrons. The van der Waals surface area contributed by atoms with Crippen molar-refractivity contribution >= 4 is 21.4 Å². The number of nitrogens with two attached hydrogens (primary N) is 1. The normalized spacial score (nSPS) is 13.3. The SMILES string of the molecule is NCC(O)Cc1csc2ccccc12. The van der Waals surface area contributed by atoms with E-state index in [4.69, 9.17) is 5.73 Å². The van der Waals surface area contributed by atoms with Gasteiger partial charge in [-0.25, -0.2) is 0 Å². The first-order valence-corrected chi connectivity index (χ1v) is 5.52. The lowest BCUT2D eigenvalue weighted by atomic mass is 10.1. The van der Waals surface area contributed by atoms with Gasteiger partial charge in [-0.3, -0.25) is 0 Å². The number of thiophene rings is 1. The highest BCUT2D eigenvalue weighted by atomic mass is 32.1. The molecule has 1 heterocycles. The summed E-state index contributed by atoms with van der Waals surface area (Å²) in [5, 5.41) is 12.8. The lowest BCUT2D eigenvalue weighted by molar-refractivity contribution is 0.184. The van der Waals surface area contributed by atoms with Crippen molar-refractivity contribution in [2.24, 2.45) is 5.73 Å². The molecule has 3 heteroatoms. The number of hydrogen-bond acceptors (Lipinski definition) is 3. The molecule has 3 N–H and O–H groups in total. The summed E-state index contributed by atoms with van der Waals surface area (Å²) in [5.74, 6) is 0. The van der Waals surface area contributed by atoms with Crippen molar-refractivity contribution in [3.63, 3.8) is 0 Å². The van der Waals surface area contributed by atoms with Crippen molar-refractivity contribution in [2.45, 2.75) is 12.5 Å². The molecule has 0 bridgehead atoms. The van der Waals surface area contributed by atoms with Gasteiger partial charge < -0.3 is 10.8 Å². The first kappa shape index (κ1) is 9.65. The molecule has 0 amide bonds. The van der Waals surface area contributed by atoms with Crippen LogP contribution in [-0.2, 0) is 6.42 Å². The second kappa shape index (κ2) is 4.09. The lowest BCUT2D eigenvalue weighted by Crippen LogP contribution is -2.21. The Labute approximate surface area is 87.0 Å². The van der Waals surface area contributed by atoms with Gasteiger partial charge in [-0.2, -0.15) is 0 Å². The summed E-state index contributed by atoms with van der Waals surface area (Å²) >= 11 is 1.71. The summed E-state index contributed by atoms with van der Waals surface area (Å²) in [7, 11) is 0. The fourth-order valence-electron chi connectivity index (χ4n) is 1.53. The van der Waals surface area contributed by atoms with E-state index in [1.165, 1.54) is 15.6 Å². The quantitative estimate of drug-likeness (QED) is 0.805. The molecule has 0 saturated carbocycles. The van der Waals surface area contributed by atoms with E-state index in [2.05, 4.69) is 17.5 Å². The molecule has 0 fully saturated rings. The van der Waals surface area contributed by atoms with Crippen molar-refractivity contribution in [1.82, 2.24) is 0 Å². The Morgan fingerprint density at radius 2 is 2.14 bits per heavy atom. The van der Waals surface area contributed by atoms with Crippen LogP contribution in [0.15, 0.2) is 29.6 Å². The van der Waals surface area contributed by atoms with Crippen molar-refractivity contribution in [2.75, 3.05) is 6.54 Å². The summed E-state index contributed by atoms with van der Waals surface area (Å²) in [4.78, 5) is 0. The van der Waals surface area contributed by atoms with Crippen LogP contribution in [-0.4, -0.2) is 17.8 Å². The number of aliphatic hydroxyl groups excluding tert-OH is 1. The highest BCUT2D eigenvalue weighted by Gasteiger charge is 2.07. The maximum Gasteiger partial charge on any atom is 0.0703 e. The highest BCUT2D eigenvalue weighted by Crippen LogP contribution is 2.26. The van der Waals surface area contributed by atoms with Crippen LogP contribution < -0.4 is 5.73 Å². The first-order chi connectivity index (χ1) is 6.81. The van der Waals surface area contributed by atoms with Gasteiger partial charge in [0, 0.05) is 17.7 Å². The number of hydrogen-bond donors (Lipinski definition) is 2. The molecule has 2 nitrogen and oxygen atoms in total. The maximum absolute atomic E-state index is 9.47. The summed E-state index contributed by atoms with van der Waals surface area (Å²) in [5.41, 5.74) is 6.58. The van der Waals surface area contributed by atoms with Gasteiger partial charge in [-0.05, 0) is 22.4 Å². The monoisotopic (exact) mass is 207 g/mol.